The molecule has 6 nitrogen and oxygen atoms in total. The minimum Gasteiger partial charge on any atom is -0.490 e. The first-order chi connectivity index (χ1) is 7.91. The van der Waals surface area contributed by atoms with E-state index in [1.54, 1.807) is 6.92 Å². The molecule has 0 aliphatic heterocycles. The van der Waals surface area contributed by atoms with Gasteiger partial charge in [-0.05, 0) is 6.07 Å². The van der Waals surface area contributed by atoms with Crippen molar-refractivity contribution in [3.05, 3.63) is 34.1 Å². The Morgan fingerprint density at radius 2 is 2.35 bits per heavy atom. The maximum atomic E-state index is 13.3. The summed E-state index contributed by atoms with van der Waals surface area (Å²) in [5.41, 5.74) is 4.88. The summed E-state index contributed by atoms with van der Waals surface area (Å²) in [6.45, 7) is 1.70. The van der Waals surface area contributed by atoms with Gasteiger partial charge in [0.2, 0.25) is 0 Å². The third-order valence-corrected chi connectivity index (χ3v) is 2.15. The monoisotopic (exact) mass is 241 g/mol. The van der Waals surface area contributed by atoms with Gasteiger partial charge in [0.1, 0.15) is 0 Å². The quantitative estimate of drug-likeness (QED) is 0.354. The number of nitrogens with zero attached hydrogens (tertiary/aromatic N) is 1. The van der Waals surface area contributed by atoms with Crippen LogP contribution in [0.5, 0.6) is 5.75 Å². The van der Waals surface area contributed by atoms with Crippen LogP contribution in [0.1, 0.15) is 6.92 Å². The topological polar surface area (TPSA) is 102 Å². The zero-order chi connectivity index (χ0) is 13.0. The van der Waals surface area contributed by atoms with Crippen molar-refractivity contribution in [3.8, 4) is 5.75 Å². The Morgan fingerprint density at radius 1 is 1.71 bits per heavy atom. The van der Waals surface area contributed by atoms with Crippen LogP contribution in [0.4, 0.5) is 10.1 Å². The second-order valence-corrected chi connectivity index (χ2v) is 3.54. The van der Waals surface area contributed by atoms with Gasteiger partial charge in [0.15, 0.2) is 11.6 Å². The molecule has 7 heteroatoms. The number of amidine groups is 1. The normalized spacial score (nSPS) is 11.9. The zero-order valence-electron chi connectivity index (χ0n) is 9.14. The second-order valence-electron chi connectivity index (χ2n) is 3.54. The molecule has 0 aliphatic rings. The van der Waals surface area contributed by atoms with E-state index in [-0.39, 0.29) is 29.8 Å². The van der Waals surface area contributed by atoms with Crippen LogP contribution in [-0.2, 0) is 0 Å². The Kier molecular flexibility index (Phi) is 3.97. The van der Waals surface area contributed by atoms with Gasteiger partial charge >= 0.3 is 0 Å². The van der Waals surface area contributed by atoms with E-state index in [1.807, 2.05) is 0 Å². The molecule has 1 aromatic carbocycles. The lowest BCUT2D eigenvalue weighted by molar-refractivity contribution is -0.385. The van der Waals surface area contributed by atoms with Crippen LogP contribution in [0, 0.1) is 27.3 Å². The van der Waals surface area contributed by atoms with Gasteiger partial charge in [0, 0.05) is 12.0 Å². The molecule has 0 aromatic heterocycles. The molecule has 92 valence electrons. The van der Waals surface area contributed by atoms with E-state index < -0.39 is 10.7 Å². The molecule has 17 heavy (non-hydrogen) atoms. The van der Waals surface area contributed by atoms with Gasteiger partial charge < -0.3 is 10.5 Å². The molecule has 0 saturated carbocycles. The lowest BCUT2D eigenvalue weighted by Gasteiger charge is -2.11. The van der Waals surface area contributed by atoms with Crippen molar-refractivity contribution in [2.24, 2.45) is 11.7 Å². The molecule has 1 atom stereocenters. The van der Waals surface area contributed by atoms with Crippen LogP contribution >= 0.6 is 0 Å². The summed E-state index contributed by atoms with van der Waals surface area (Å²) < 4.78 is 18.4. The predicted molar refractivity (Wildman–Crippen MR) is 59.6 cm³/mol. The largest absolute Gasteiger partial charge is 0.490 e. The number of non-ortho nitro benzene ring substituents is 1. The highest BCUT2D eigenvalue weighted by atomic mass is 19.1. The highest BCUT2D eigenvalue weighted by molar-refractivity contribution is 5.79. The minimum atomic E-state index is -0.810. The molecule has 0 bridgehead atoms. The van der Waals surface area contributed by atoms with Crippen LogP contribution in [0.15, 0.2) is 18.2 Å². The number of nitro benzene ring substituents is 1. The molecule has 0 spiro atoms. The van der Waals surface area contributed by atoms with E-state index in [4.69, 9.17) is 15.9 Å². The Morgan fingerprint density at radius 3 is 2.82 bits per heavy atom. The predicted octanol–water partition coefficient (Wildman–Crippen LogP) is 1.68. The van der Waals surface area contributed by atoms with Gasteiger partial charge in [-0.25, -0.2) is 4.39 Å². The van der Waals surface area contributed by atoms with Crippen molar-refractivity contribution in [2.75, 3.05) is 6.61 Å². The Labute approximate surface area is 96.8 Å². The van der Waals surface area contributed by atoms with Gasteiger partial charge in [-0.1, -0.05) is 6.92 Å². The highest BCUT2D eigenvalue weighted by Gasteiger charge is 2.13. The third-order valence-electron chi connectivity index (χ3n) is 2.15. The summed E-state index contributed by atoms with van der Waals surface area (Å²) in [6.07, 6.45) is 0. The molecule has 0 heterocycles. The molecular weight excluding hydrogens is 229 g/mol. The SMILES string of the molecule is CC(COc1ccc([N+](=O)[O-])cc1F)C(=N)N. The summed E-state index contributed by atoms with van der Waals surface area (Å²) in [5.74, 6) is -1.31. The molecule has 1 aromatic rings. The van der Waals surface area contributed by atoms with Crippen LogP contribution in [-0.4, -0.2) is 17.4 Å². The standard InChI is InChI=1S/C10H12FN3O3/c1-6(10(12)13)5-17-9-3-2-7(14(15)16)4-8(9)11/h2-4,6H,5H2,1H3,(H3,12,13). The fraction of sp³-hybridized carbons (Fsp3) is 0.300. The molecule has 0 radical (unpaired) electrons. The Balaban J connectivity index is 2.73. The molecule has 1 unspecified atom stereocenters. The minimum absolute atomic E-state index is 0.0457. The second kappa shape index (κ2) is 5.24. The number of halogens is 1. The average molecular weight is 241 g/mol. The van der Waals surface area contributed by atoms with Crippen molar-refractivity contribution in [1.29, 1.82) is 5.41 Å². The number of nitrogens with one attached hydrogen (secondary N) is 1. The van der Waals surface area contributed by atoms with E-state index in [1.165, 1.54) is 6.07 Å². The molecule has 0 saturated heterocycles. The fourth-order valence-electron chi connectivity index (χ4n) is 1.02. The summed E-state index contributed by atoms with van der Waals surface area (Å²) in [7, 11) is 0. The summed E-state index contributed by atoms with van der Waals surface area (Å²) in [4.78, 5) is 9.68. The van der Waals surface area contributed by atoms with Crippen molar-refractivity contribution in [1.82, 2.24) is 0 Å². The van der Waals surface area contributed by atoms with Crippen molar-refractivity contribution >= 4 is 11.5 Å². The van der Waals surface area contributed by atoms with E-state index in [2.05, 4.69) is 0 Å². The van der Waals surface area contributed by atoms with E-state index in [9.17, 15) is 14.5 Å². The maximum absolute atomic E-state index is 13.3. The first kappa shape index (κ1) is 12.9. The fourth-order valence-corrected chi connectivity index (χ4v) is 1.02. The number of hydrogen-bond acceptors (Lipinski definition) is 4. The van der Waals surface area contributed by atoms with Crippen LogP contribution in [0.25, 0.3) is 0 Å². The summed E-state index contributed by atoms with van der Waals surface area (Å²) >= 11 is 0. The zero-order valence-corrected chi connectivity index (χ0v) is 9.14. The van der Waals surface area contributed by atoms with E-state index >= 15 is 0 Å². The summed E-state index contributed by atoms with van der Waals surface area (Å²) in [5, 5.41) is 17.5. The maximum Gasteiger partial charge on any atom is 0.272 e. The lowest BCUT2D eigenvalue weighted by atomic mass is 10.2. The number of hydrogen-bond donors (Lipinski definition) is 2. The molecule has 0 amide bonds. The van der Waals surface area contributed by atoms with Crippen molar-refractivity contribution in [3.63, 3.8) is 0 Å². The first-order valence-electron chi connectivity index (χ1n) is 4.82. The molecule has 3 N–H and O–H groups in total. The van der Waals surface area contributed by atoms with Crippen LogP contribution < -0.4 is 10.5 Å². The average Bonchev–Trinajstić information content (AvgIpc) is 2.26. The van der Waals surface area contributed by atoms with Gasteiger partial charge in [-0.2, -0.15) is 0 Å². The first-order valence-corrected chi connectivity index (χ1v) is 4.82. The van der Waals surface area contributed by atoms with Crippen molar-refractivity contribution < 1.29 is 14.1 Å². The van der Waals surface area contributed by atoms with Crippen LogP contribution in [0.2, 0.25) is 0 Å². The molecular formula is C10H12FN3O3. The molecule has 1 rings (SSSR count). The third kappa shape index (κ3) is 3.40. The van der Waals surface area contributed by atoms with Gasteiger partial charge in [0.25, 0.3) is 5.69 Å². The van der Waals surface area contributed by atoms with E-state index in [0.29, 0.717) is 0 Å². The number of ether oxygens (including phenoxy) is 1. The van der Waals surface area contributed by atoms with Gasteiger partial charge in [-0.3, -0.25) is 15.5 Å². The Bertz CT molecular complexity index is 450. The van der Waals surface area contributed by atoms with Crippen molar-refractivity contribution in [2.45, 2.75) is 6.92 Å². The Hall–Kier alpha value is -2.18. The van der Waals surface area contributed by atoms with Gasteiger partial charge in [0.05, 0.1) is 23.4 Å². The highest BCUT2D eigenvalue weighted by Crippen LogP contribution is 2.22. The van der Waals surface area contributed by atoms with E-state index in [0.717, 1.165) is 12.1 Å². The summed E-state index contributed by atoms with van der Waals surface area (Å²) in [6, 6.07) is 3.12. The number of benzene rings is 1. The number of nitrogens with two attached hydrogens (primary N) is 1. The van der Waals surface area contributed by atoms with Gasteiger partial charge in [-0.15, -0.1) is 0 Å². The van der Waals surface area contributed by atoms with Crippen LogP contribution in [0.3, 0.4) is 0 Å². The molecule has 0 fully saturated rings. The smallest absolute Gasteiger partial charge is 0.272 e. The molecule has 0 aliphatic carbocycles. The number of nitro groups is 1. The lowest BCUT2D eigenvalue weighted by Crippen LogP contribution is -2.25. The number of rotatable bonds is 5.